The smallest absolute Gasteiger partial charge is 0.305 e. The molecule has 0 saturated carbocycles. The molecular formula is C8H7ClN2O4S. The molecule has 2 aromatic rings. The van der Waals surface area contributed by atoms with E-state index in [0.29, 0.717) is 10.9 Å². The molecule has 1 aromatic heterocycles. The number of hydrogen-bond donors (Lipinski definition) is 2. The molecular weight excluding hydrogens is 256 g/mol. The van der Waals surface area contributed by atoms with Crippen molar-refractivity contribution in [2.24, 2.45) is 0 Å². The summed E-state index contributed by atoms with van der Waals surface area (Å²) in [6, 6.07) is 3.82. The van der Waals surface area contributed by atoms with Gasteiger partial charge in [-0.05, 0) is 18.2 Å². The average molecular weight is 263 g/mol. The number of hydrogen-bond acceptors (Lipinski definition) is 4. The molecule has 0 unspecified atom stereocenters. The van der Waals surface area contributed by atoms with Gasteiger partial charge in [-0.3, -0.25) is 4.55 Å². The van der Waals surface area contributed by atoms with E-state index >= 15 is 0 Å². The van der Waals surface area contributed by atoms with Crippen molar-refractivity contribution in [1.82, 2.24) is 9.97 Å². The molecule has 0 aliphatic carbocycles. The van der Waals surface area contributed by atoms with Crippen molar-refractivity contribution in [1.29, 1.82) is 0 Å². The fourth-order valence-electron chi connectivity index (χ4n) is 1.20. The maximum absolute atomic E-state index is 10.8. The van der Waals surface area contributed by atoms with Crippen LogP contribution in [-0.4, -0.2) is 22.9 Å². The lowest BCUT2D eigenvalue weighted by atomic mass is 10.2. The molecule has 0 aliphatic heterocycles. The molecule has 16 heavy (non-hydrogen) atoms. The summed E-state index contributed by atoms with van der Waals surface area (Å²) in [6.07, 6.45) is 1.24. The molecule has 1 heterocycles. The zero-order chi connectivity index (χ0) is 11.1. The highest BCUT2D eigenvalue weighted by Gasteiger charge is 2.09. The Kier molecular flexibility index (Phi) is 3.32. The Morgan fingerprint density at radius 3 is 2.62 bits per heavy atom. The number of aromatic nitrogens is 2. The molecule has 8 heteroatoms. The van der Waals surface area contributed by atoms with E-state index in [4.69, 9.17) is 4.55 Å². The van der Waals surface area contributed by atoms with Crippen molar-refractivity contribution < 1.29 is 13.0 Å². The molecule has 0 atom stereocenters. The molecule has 0 radical (unpaired) electrons. The molecule has 0 fully saturated rings. The summed E-state index contributed by atoms with van der Waals surface area (Å²) >= 11 is 0. The number of fused-ring (bicyclic) bond motifs is 1. The number of aromatic amines is 1. The maximum Gasteiger partial charge on any atom is 0.345 e. The summed E-state index contributed by atoms with van der Waals surface area (Å²) in [4.78, 5) is 16.5. The van der Waals surface area contributed by atoms with Crippen molar-refractivity contribution in [2.75, 3.05) is 0 Å². The lowest BCUT2D eigenvalue weighted by Crippen LogP contribution is -2.08. The molecule has 0 spiro atoms. The van der Waals surface area contributed by atoms with E-state index in [-0.39, 0.29) is 17.3 Å². The highest BCUT2D eigenvalue weighted by Crippen LogP contribution is 2.15. The van der Waals surface area contributed by atoms with Gasteiger partial charge in [0.1, 0.15) is 0 Å². The Morgan fingerprint density at radius 2 is 2.00 bits per heavy atom. The van der Waals surface area contributed by atoms with E-state index in [0.717, 1.165) is 0 Å². The van der Waals surface area contributed by atoms with Crippen molar-refractivity contribution in [3.8, 4) is 0 Å². The number of halogens is 1. The van der Waals surface area contributed by atoms with Crippen LogP contribution in [0.1, 0.15) is 0 Å². The SMILES string of the molecule is Cl.O=c1ncc2cc(S(=O)(=O)O)ccc2[nH]1. The minimum atomic E-state index is -4.22. The van der Waals surface area contributed by atoms with Crippen molar-refractivity contribution in [3.05, 3.63) is 34.9 Å². The quantitative estimate of drug-likeness (QED) is 0.733. The monoisotopic (exact) mass is 262 g/mol. The first-order valence-electron chi connectivity index (χ1n) is 3.93. The van der Waals surface area contributed by atoms with Crippen LogP contribution in [0.15, 0.2) is 34.1 Å². The summed E-state index contributed by atoms with van der Waals surface area (Å²) in [5.74, 6) is 0. The van der Waals surface area contributed by atoms with Crippen LogP contribution in [0.3, 0.4) is 0 Å². The summed E-state index contributed by atoms with van der Waals surface area (Å²) < 4.78 is 30.4. The highest BCUT2D eigenvalue weighted by molar-refractivity contribution is 7.85. The van der Waals surface area contributed by atoms with Gasteiger partial charge in [-0.15, -0.1) is 12.4 Å². The highest BCUT2D eigenvalue weighted by atomic mass is 35.5. The first kappa shape index (κ1) is 12.6. The van der Waals surface area contributed by atoms with Gasteiger partial charge in [-0.1, -0.05) is 0 Å². The third kappa shape index (κ3) is 2.38. The standard InChI is InChI=1S/C8H6N2O4S.ClH/c11-8-9-4-5-3-6(15(12,13)14)1-2-7(5)10-8;/h1-4H,(H,9,10,11)(H,12,13,14);1H. The van der Waals surface area contributed by atoms with Crippen LogP contribution in [0, 0.1) is 0 Å². The Morgan fingerprint density at radius 1 is 1.31 bits per heavy atom. The third-order valence-corrected chi connectivity index (χ3v) is 2.73. The topological polar surface area (TPSA) is 100 Å². The summed E-state index contributed by atoms with van der Waals surface area (Å²) in [5.41, 5.74) is -0.0514. The molecule has 2 N–H and O–H groups in total. The first-order chi connectivity index (χ1) is 6.97. The van der Waals surface area contributed by atoms with Gasteiger partial charge in [-0.2, -0.15) is 8.42 Å². The van der Waals surface area contributed by atoms with Crippen LogP contribution >= 0.6 is 12.4 Å². The number of nitrogens with zero attached hydrogens (tertiary/aromatic N) is 1. The van der Waals surface area contributed by atoms with Gasteiger partial charge >= 0.3 is 5.69 Å². The number of rotatable bonds is 1. The zero-order valence-electron chi connectivity index (χ0n) is 7.75. The molecule has 0 saturated heterocycles. The molecule has 6 nitrogen and oxygen atoms in total. The van der Waals surface area contributed by atoms with Gasteiger partial charge in [0.25, 0.3) is 10.1 Å². The van der Waals surface area contributed by atoms with E-state index in [1.807, 2.05) is 0 Å². The van der Waals surface area contributed by atoms with Crippen LogP contribution in [0.2, 0.25) is 0 Å². The van der Waals surface area contributed by atoms with Gasteiger partial charge in [0.15, 0.2) is 0 Å². The van der Waals surface area contributed by atoms with Gasteiger partial charge in [-0.25, -0.2) is 9.78 Å². The Labute approximate surface area is 96.5 Å². The van der Waals surface area contributed by atoms with E-state index in [2.05, 4.69) is 9.97 Å². The fourth-order valence-corrected chi connectivity index (χ4v) is 1.71. The van der Waals surface area contributed by atoms with E-state index in [1.54, 1.807) is 0 Å². The van der Waals surface area contributed by atoms with Crippen molar-refractivity contribution in [3.63, 3.8) is 0 Å². The van der Waals surface area contributed by atoms with E-state index in [1.165, 1.54) is 24.4 Å². The molecule has 86 valence electrons. The molecule has 0 bridgehead atoms. The predicted octanol–water partition coefficient (Wildman–Crippen LogP) is 0.592. The predicted molar refractivity (Wildman–Crippen MR) is 59.4 cm³/mol. The minimum Gasteiger partial charge on any atom is -0.305 e. The Bertz CT molecular complexity index is 680. The zero-order valence-corrected chi connectivity index (χ0v) is 9.38. The minimum absolute atomic E-state index is 0. The second kappa shape index (κ2) is 4.20. The summed E-state index contributed by atoms with van der Waals surface area (Å²) in [5, 5.41) is 0.435. The number of H-pyrrole nitrogens is 1. The lowest BCUT2D eigenvalue weighted by Gasteiger charge is -1.99. The fraction of sp³-hybridized carbons (Fsp3) is 0. The van der Waals surface area contributed by atoms with Gasteiger partial charge in [0.05, 0.1) is 10.4 Å². The van der Waals surface area contributed by atoms with Crippen LogP contribution in [0.25, 0.3) is 10.9 Å². The first-order valence-corrected chi connectivity index (χ1v) is 5.37. The van der Waals surface area contributed by atoms with Gasteiger partial charge in [0.2, 0.25) is 0 Å². The van der Waals surface area contributed by atoms with Gasteiger partial charge < -0.3 is 4.98 Å². The van der Waals surface area contributed by atoms with Gasteiger partial charge in [0, 0.05) is 11.6 Å². The lowest BCUT2D eigenvalue weighted by molar-refractivity contribution is 0.483. The molecule has 2 rings (SSSR count). The van der Waals surface area contributed by atoms with Crippen LogP contribution < -0.4 is 5.69 Å². The average Bonchev–Trinajstić information content (AvgIpc) is 2.15. The van der Waals surface area contributed by atoms with Crippen molar-refractivity contribution in [2.45, 2.75) is 4.90 Å². The molecule has 1 aromatic carbocycles. The summed E-state index contributed by atoms with van der Waals surface area (Å²) in [7, 11) is -4.22. The van der Waals surface area contributed by atoms with Crippen molar-refractivity contribution >= 4 is 33.4 Å². The summed E-state index contributed by atoms with van der Waals surface area (Å²) in [6.45, 7) is 0. The second-order valence-electron chi connectivity index (χ2n) is 2.91. The Balaban J connectivity index is 0.00000128. The van der Waals surface area contributed by atoms with Crippen LogP contribution in [-0.2, 0) is 10.1 Å². The largest absolute Gasteiger partial charge is 0.345 e. The second-order valence-corrected chi connectivity index (χ2v) is 4.33. The third-order valence-electron chi connectivity index (χ3n) is 1.88. The molecule has 0 amide bonds. The van der Waals surface area contributed by atoms with E-state index < -0.39 is 15.8 Å². The van der Waals surface area contributed by atoms with Crippen LogP contribution in [0.4, 0.5) is 0 Å². The van der Waals surface area contributed by atoms with E-state index in [9.17, 15) is 13.2 Å². The van der Waals surface area contributed by atoms with Crippen LogP contribution in [0.5, 0.6) is 0 Å². The number of nitrogens with one attached hydrogen (secondary N) is 1. The normalized spacial score (nSPS) is 11.1. The molecule has 0 aliphatic rings. The Hall–Kier alpha value is -1.44. The maximum atomic E-state index is 10.8. The number of benzene rings is 1.